The van der Waals surface area contributed by atoms with Crippen LogP contribution in [0.15, 0.2) is 83.3 Å². The maximum absolute atomic E-state index is 5.68. The van der Waals surface area contributed by atoms with Crippen molar-refractivity contribution in [3.63, 3.8) is 0 Å². The minimum Gasteiger partial charge on any atom is -0.411 e. The Kier molecular flexibility index (Phi) is 3.09. The fourth-order valence-corrected chi connectivity index (χ4v) is 2.34. The monoisotopic (exact) mass is 287 g/mol. The predicted molar refractivity (Wildman–Crippen MR) is 86.0 cm³/mol. The van der Waals surface area contributed by atoms with E-state index in [0.717, 1.165) is 16.7 Å². The first-order valence-electron chi connectivity index (χ1n) is 7.07. The minimum absolute atomic E-state index is 0.258. The molecule has 106 valence electrons. The van der Waals surface area contributed by atoms with Crippen molar-refractivity contribution in [2.75, 3.05) is 0 Å². The van der Waals surface area contributed by atoms with Crippen molar-refractivity contribution in [1.82, 2.24) is 4.98 Å². The van der Waals surface area contributed by atoms with Gasteiger partial charge in [0.25, 0.3) is 0 Å². The summed E-state index contributed by atoms with van der Waals surface area (Å²) in [5.41, 5.74) is 3.83. The second-order valence-corrected chi connectivity index (χ2v) is 4.94. The Morgan fingerprint density at radius 2 is 1.36 bits per heavy atom. The van der Waals surface area contributed by atoms with Gasteiger partial charge in [-0.3, -0.25) is 0 Å². The van der Waals surface area contributed by atoms with Crippen LogP contribution in [-0.2, 0) is 0 Å². The quantitative estimate of drug-likeness (QED) is 0.513. The molecule has 3 heteroatoms. The third-order valence-corrected chi connectivity index (χ3v) is 3.44. The van der Waals surface area contributed by atoms with Crippen LogP contribution in [0, 0.1) is 0 Å². The highest BCUT2D eigenvalue weighted by Gasteiger charge is 2.07. The largest absolute Gasteiger partial charge is 0.411 e. The number of aromatic nitrogens is 1. The average Bonchev–Trinajstić information content (AvgIpc) is 2.98. The molecule has 22 heavy (non-hydrogen) atoms. The standard InChI is InChI=1S/C19H13NO2/c1-2-6-14(7-3-1)15-10-12-16(13-11-15)21-19-20-17-8-4-5-9-18(17)22-19/h1-13H. The molecule has 0 atom stereocenters. The molecule has 1 aromatic heterocycles. The first-order chi connectivity index (χ1) is 10.9. The van der Waals surface area contributed by atoms with Crippen molar-refractivity contribution in [2.24, 2.45) is 0 Å². The molecule has 0 radical (unpaired) electrons. The number of hydrogen-bond acceptors (Lipinski definition) is 3. The van der Waals surface area contributed by atoms with Gasteiger partial charge in [0.05, 0.1) is 0 Å². The van der Waals surface area contributed by atoms with Crippen molar-refractivity contribution >= 4 is 11.1 Å². The van der Waals surface area contributed by atoms with Crippen LogP contribution >= 0.6 is 0 Å². The molecule has 0 aliphatic heterocycles. The number of rotatable bonds is 3. The van der Waals surface area contributed by atoms with Crippen molar-refractivity contribution < 1.29 is 9.15 Å². The molecule has 4 aromatic rings. The third-order valence-electron chi connectivity index (χ3n) is 3.44. The molecular formula is C19H13NO2. The van der Waals surface area contributed by atoms with Crippen LogP contribution in [0.5, 0.6) is 11.8 Å². The molecule has 0 amide bonds. The summed E-state index contributed by atoms with van der Waals surface area (Å²) >= 11 is 0. The van der Waals surface area contributed by atoms with Crippen molar-refractivity contribution in [3.8, 4) is 23.0 Å². The van der Waals surface area contributed by atoms with Crippen LogP contribution in [0.3, 0.4) is 0 Å². The van der Waals surface area contributed by atoms with E-state index in [1.165, 1.54) is 5.56 Å². The number of hydrogen-bond donors (Lipinski definition) is 0. The lowest BCUT2D eigenvalue weighted by Crippen LogP contribution is -1.84. The molecule has 0 saturated heterocycles. The Balaban J connectivity index is 1.58. The van der Waals surface area contributed by atoms with Crippen LogP contribution in [0.1, 0.15) is 0 Å². The predicted octanol–water partition coefficient (Wildman–Crippen LogP) is 5.29. The van der Waals surface area contributed by atoms with E-state index in [9.17, 15) is 0 Å². The molecule has 0 aliphatic carbocycles. The molecule has 0 spiro atoms. The summed E-state index contributed by atoms with van der Waals surface area (Å²) in [7, 11) is 0. The Bertz CT molecular complexity index is 863. The number of benzene rings is 3. The Hall–Kier alpha value is -3.07. The van der Waals surface area contributed by atoms with Gasteiger partial charge < -0.3 is 9.15 Å². The van der Waals surface area contributed by atoms with Crippen molar-refractivity contribution in [1.29, 1.82) is 0 Å². The topological polar surface area (TPSA) is 35.3 Å². The number of oxazole rings is 1. The second kappa shape index (κ2) is 5.37. The molecular weight excluding hydrogens is 274 g/mol. The third kappa shape index (κ3) is 2.44. The zero-order valence-corrected chi connectivity index (χ0v) is 11.8. The van der Waals surface area contributed by atoms with E-state index in [1.807, 2.05) is 66.7 Å². The normalized spacial score (nSPS) is 10.7. The van der Waals surface area contributed by atoms with Gasteiger partial charge >= 0.3 is 6.08 Å². The van der Waals surface area contributed by atoms with Gasteiger partial charge in [-0.2, -0.15) is 4.98 Å². The van der Waals surface area contributed by atoms with Crippen LogP contribution in [0.25, 0.3) is 22.2 Å². The molecule has 3 aromatic carbocycles. The first kappa shape index (κ1) is 12.7. The highest BCUT2D eigenvalue weighted by molar-refractivity contribution is 5.72. The minimum atomic E-state index is 0.258. The van der Waals surface area contributed by atoms with E-state index in [1.54, 1.807) is 0 Å². The molecule has 3 nitrogen and oxygen atoms in total. The van der Waals surface area contributed by atoms with Gasteiger partial charge in [0.15, 0.2) is 5.58 Å². The zero-order valence-electron chi connectivity index (χ0n) is 11.8. The summed E-state index contributed by atoms with van der Waals surface area (Å²) in [4.78, 5) is 4.30. The Morgan fingerprint density at radius 3 is 2.14 bits per heavy atom. The smallest absolute Gasteiger partial charge is 0.400 e. The molecule has 4 rings (SSSR count). The van der Waals surface area contributed by atoms with E-state index in [0.29, 0.717) is 5.75 Å². The van der Waals surface area contributed by atoms with Gasteiger partial charge in [-0.15, -0.1) is 0 Å². The number of nitrogens with zero attached hydrogens (tertiary/aromatic N) is 1. The number of ether oxygens (including phenoxy) is 1. The highest BCUT2D eigenvalue weighted by atomic mass is 16.6. The molecule has 0 aliphatic rings. The van der Waals surface area contributed by atoms with E-state index < -0.39 is 0 Å². The van der Waals surface area contributed by atoms with Gasteiger partial charge in [0, 0.05) is 0 Å². The lowest BCUT2D eigenvalue weighted by molar-refractivity contribution is 0.343. The van der Waals surface area contributed by atoms with E-state index in [-0.39, 0.29) is 6.08 Å². The van der Waals surface area contributed by atoms with Gasteiger partial charge in [-0.1, -0.05) is 54.6 Å². The van der Waals surface area contributed by atoms with Crippen LogP contribution in [-0.4, -0.2) is 4.98 Å². The van der Waals surface area contributed by atoms with E-state index in [4.69, 9.17) is 9.15 Å². The van der Waals surface area contributed by atoms with Gasteiger partial charge in [-0.25, -0.2) is 0 Å². The summed E-state index contributed by atoms with van der Waals surface area (Å²) in [5, 5.41) is 0. The van der Waals surface area contributed by atoms with Crippen LogP contribution < -0.4 is 4.74 Å². The highest BCUT2D eigenvalue weighted by Crippen LogP contribution is 2.27. The number of para-hydroxylation sites is 2. The summed E-state index contributed by atoms with van der Waals surface area (Å²) in [6, 6.07) is 25.7. The van der Waals surface area contributed by atoms with E-state index >= 15 is 0 Å². The Morgan fingerprint density at radius 1 is 0.682 bits per heavy atom. The van der Waals surface area contributed by atoms with E-state index in [2.05, 4.69) is 17.1 Å². The molecule has 0 bridgehead atoms. The lowest BCUT2D eigenvalue weighted by atomic mass is 10.1. The maximum atomic E-state index is 5.68. The summed E-state index contributed by atoms with van der Waals surface area (Å²) in [6.45, 7) is 0. The van der Waals surface area contributed by atoms with Crippen LogP contribution in [0.2, 0.25) is 0 Å². The second-order valence-electron chi connectivity index (χ2n) is 4.94. The molecule has 0 fully saturated rings. The molecule has 0 N–H and O–H groups in total. The average molecular weight is 287 g/mol. The summed E-state index contributed by atoms with van der Waals surface area (Å²) in [6.07, 6.45) is 0.258. The van der Waals surface area contributed by atoms with Crippen LogP contribution in [0.4, 0.5) is 0 Å². The fourth-order valence-electron chi connectivity index (χ4n) is 2.34. The molecule has 1 heterocycles. The van der Waals surface area contributed by atoms with Gasteiger partial charge in [-0.05, 0) is 35.4 Å². The fraction of sp³-hybridized carbons (Fsp3) is 0. The van der Waals surface area contributed by atoms with Crippen molar-refractivity contribution in [2.45, 2.75) is 0 Å². The van der Waals surface area contributed by atoms with Gasteiger partial charge in [0.1, 0.15) is 11.3 Å². The molecule has 0 unspecified atom stereocenters. The lowest BCUT2D eigenvalue weighted by Gasteiger charge is -2.03. The SMILES string of the molecule is c1ccc(-c2ccc(Oc3nc4ccccc4o3)cc2)cc1. The summed E-state index contributed by atoms with van der Waals surface area (Å²) in [5.74, 6) is 0.700. The first-order valence-corrected chi connectivity index (χ1v) is 7.07. The summed E-state index contributed by atoms with van der Waals surface area (Å²) < 4.78 is 11.2. The Labute approximate surface area is 127 Å². The maximum Gasteiger partial charge on any atom is 0.400 e. The molecule has 0 saturated carbocycles. The number of fused-ring (bicyclic) bond motifs is 1. The van der Waals surface area contributed by atoms with Gasteiger partial charge in [0.2, 0.25) is 0 Å². The zero-order chi connectivity index (χ0) is 14.8. The van der Waals surface area contributed by atoms with Crippen molar-refractivity contribution in [3.05, 3.63) is 78.9 Å².